The second kappa shape index (κ2) is 6.48. The Hall–Kier alpha value is -0.230. The number of hydrogen-bond donors (Lipinski definition) is 1. The molecule has 0 amide bonds. The standard InChI is InChI=1S/C8H13NO.ClH/c1-2-3-6-10-8-4-5-9-7-8;/h1,8-9H,3-7H2;1H. The van der Waals surface area contributed by atoms with Gasteiger partial charge in [0, 0.05) is 13.0 Å². The van der Waals surface area contributed by atoms with Crippen LogP contribution in [0, 0.1) is 12.3 Å². The molecule has 0 aromatic heterocycles. The van der Waals surface area contributed by atoms with Crippen molar-refractivity contribution in [3.8, 4) is 12.3 Å². The minimum Gasteiger partial charge on any atom is -0.376 e. The largest absolute Gasteiger partial charge is 0.376 e. The highest BCUT2D eigenvalue weighted by molar-refractivity contribution is 5.85. The van der Waals surface area contributed by atoms with Gasteiger partial charge in [-0.25, -0.2) is 0 Å². The average Bonchev–Trinajstić information content (AvgIpc) is 2.41. The second-order valence-electron chi connectivity index (χ2n) is 2.44. The third-order valence-corrected chi connectivity index (χ3v) is 1.62. The Morgan fingerprint density at radius 3 is 3.00 bits per heavy atom. The Morgan fingerprint density at radius 2 is 2.45 bits per heavy atom. The molecule has 0 aliphatic carbocycles. The average molecular weight is 176 g/mol. The van der Waals surface area contributed by atoms with E-state index in [0.29, 0.717) is 12.7 Å². The number of terminal acetylenes is 1. The van der Waals surface area contributed by atoms with Crippen molar-refractivity contribution in [3.63, 3.8) is 0 Å². The third kappa shape index (κ3) is 4.26. The van der Waals surface area contributed by atoms with Crippen molar-refractivity contribution in [2.24, 2.45) is 0 Å². The summed E-state index contributed by atoms with van der Waals surface area (Å²) in [7, 11) is 0. The Morgan fingerprint density at radius 1 is 1.64 bits per heavy atom. The zero-order valence-corrected chi connectivity index (χ0v) is 7.32. The lowest BCUT2D eigenvalue weighted by Gasteiger charge is -2.07. The van der Waals surface area contributed by atoms with Gasteiger partial charge in [0.15, 0.2) is 0 Å². The van der Waals surface area contributed by atoms with Crippen LogP contribution in [0.25, 0.3) is 0 Å². The molecule has 64 valence electrons. The lowest BCUT2D eigenvalue weighted by Crippen LogP contribution is -2.16. The van der Waals surface area contributed by atoms with E-state index in [1.807, 2.05) is 0 Å². The van der Waals surface area contributed by atoms with Gasteiger partial charge in [0.2, 0.25) is 0 Å². The van der Waals surface area contributed by atoms with E-state index in [2.05, 4.69) is 11.2 Å². The first-order chi connectivity index (χ1) is 4.93. The Balaban J connectivity index is 0.000001000. The number of nitrogens with one attached hydrogen (secondary N) is 1. The summed E-state index contributed by atoms with van der Waals surface area (Å²) in [5.74, 6) is 2.55. The van der Waals surface area contributed by atoms with E-state index >= 15 is 0 Å². The summed E-state index contributed by atoms with van der Waals surface area (Å²) < 4.78 is 5.44. The topological polar surface area (TPSA) is 21.3 Å². The van der Waals surface area contributed by atoms with Gasteiger partial charge in [0.25, 0.3) is 0 Å². The molecule has 1 atom stereocenters. The van der Waals surface area contributed by atoms with Crippen molar-refractivity contribution in [2.45, 2.75) is 18.9 Å². The first-order valence-corrected chi connectivity index (χ1v) is 3.69. The lowest BCUT2D eigenvalue weighted by molar-refractivity contribution is 0.0715. The first-order valence-electron chi connectivity index (χ1n) is 3.69. The van der Waals surface area contributed by atoms with Crippen molar-refractivity contribution in [2.75, 3.05) is 19.7 Å². The molecule has 0 spiro atoms. The molecule has 0 aromatic carbocycles. The highest BCUT2D eigenvalue weighted by atomic mass is 35.5. The van der Waals surface area contributed by atoms with E-state index in [9.17, 15) is 0 Å². The fourth-order valence-corrected chi connectivity index (χ4v) is 1.05. The van der Waals surface area contributed by atoms with Crippen LogP contribution in [-0.4, -0.2) is 25.8 Å². The minimum atomic E-state index is 0. The molecule has 1 heterocycles. The first kappa shape index (κ1) is 10.8. The molecule has 1 aliphatic heterocycles. The second-order valence-corrected chi connectivity index (χ2v) is 2.44. The smallest absolute Gasteiger partial charge is 0.0712 e. The Kier molecular flexibility index (Phi) is 6.34. The van der Waals surface area contributed by atoms with Gasteiger partial charge in [-0.1, -0.05) is 0 Å². The van der Waals surface area contributed by atoms with Crippen LogP contribution in [0.3, 0.4) is 0 Å². The van der Waals surface area contributed by atoms with E-state index in [1.54, 1.807) is 0 Å². The van der Waals surface area contributed by atoms with Crippen LogP contribution in [0.4, 0.5) is 0 Å². The van der Waals surface area contributed by atoms with E-state index < -0.39 is 0 Å². The Bertz CT molecular complexity index is 127. The van der Waals surface area contributed by atoms with Crippen LogP contribution in [0.5, 0.6) is 0 Å². The summed E-state index contributed by atoms with van der Waals surface area (Å²) in [4.78, 5) is 0. The van der Waals surface area contributed by atoms with Gasteiger partial charge < -0.3 is 10.1 Å². The maximum atomic E-state index is 5.44. The maximum absolute atomic E-state index is 5.44. The van der Waals surface area contributed by atoms with E-state index in [0.717, 1.165) is 25.9 Å². The van der Waals surface area contributed by atoms with Crippen molar-refractivity contribution in [3.05, 3.63) is 0 Å². The predicted octanol–water partition coefficient (Wildman–Crippen LogP) is 0.810. The fourth-order valence-electron chi connectivity index (χ4n) is 1.05. The molecule has 3 heteroatoms. The van der Waals surface area contributed by atoms with Crippen LogP contribution in [0.15, 0.2) is 0 Å². The Labute approximate surface area is 74.1 Å². The molecule has 2 nitrogen and oxygen atoms in total. The molecule has 1 aliphatic rings. The molecule has 0 bridgehead atoms. The summed E-state index contributed by atoms with van der Waals surface area (Å²) >= 11 is 0. The molecule has 1 fully saturated rings. The molecule has 1 unspecified atom stereocenters. The van der Waals surface area contributed by atoms with Crippen molar-refractivity contribution in [1.82, 2.24) is 5.32 Å². The van der Waals surface area contributed by atoms with Crippen molar-refractivity contribution >= 4 is 12.4 Å². The molecule has 0 aromatic rings. The van der Waals surface area contributed by atoms with Gasteiger partial charge in [-0.3, -0.25) is 0 Å². The summed E-state index contributed by atoms with van der Waals surface area (Å²) in [6, 6.07) is 0. The number of hydrogen-bond acceptors (Lipinski definition) is 2. The van der Waals surface area contributed by atoms with E-state index in [-0.39, 0.29) is 12.4 Å². The van der Waals surface area contributed by atoms with Gasteiger partial charge >= 0.3 is 0 Å². The molecule has 1 rings (SSSR count). The maximum Gasteiger partial charge on any atom is 0.0712 e. The van der Waals surface area contributed by atoms with Gasteiger partial charge in [-0.15, -0.1) is 24.8 Å². The molecule has 1 N–H and O–H groups in total. The van der Waals surface area contributed by atoms with E-state index in [1.165, 1.54) is 0 Å². The van der Waals surface area contributed by atoms with Gasteiger partial charge in [-0.05, 0) is 13.0 Å². The quantitative estimate of drug-likeness (QED) is 0.507. The number of halogens is 1. The van der Waals surface area contributed by atoms with E-state index in [4.69, 9.17) is 11.2 Å². The highest BCUT2D eigenvalue weighted by Gasteiger charge is 2.13. The fraction of sp³-hybridized carbons (Fsp3) is 0.750. The van der Waals surface area contributed by atoms with Crippen LogP contribution in [0.2, 0.25) is 0 Å². The summed E-state index contributed by atoms with van der Waals surface area (Å²) in [5, 5.41) is 3.22. The monoisotopic (exact) mass is 175 g/mol. The molecule has 0 saturated carbocycles. The normalized spacial score (nSPS) is 22.3. The number of rotatable bonds is 3. The summed E-state index contributed by atoms with van der Waals surface area (Å²) in [6.07, 6.45) is 7.34. The van der Waals surface area contributed by atoms with Crippen molar-refractivity contribution < 1.29 is 4.74 Å². The molecule has 11 heavy (non-hydrogen) atoms. The van der Waals surface area contributed by atoms with Gasteiger partial charge in [0.05, 0.1) is 12.7 Å². The predicted molar refractivity (Wildman–Crippen MR) is 47.9 cm³/mol. The van der Waals surface area contributed by atoms with Crippen LogP contribution in [0.1, 0.15) is 12.8 Å². The number of ether oxygens (including phenoxy) is 1. The SMILES string of the molecule is C#CCCOC1CCNC1.Cl. The molecule has 0 radical (unpaired) electrons. The van der Waals surface area contributed by atoms with Crippen molar-refractivity contribution in [1.29, 1.82) is 0 Å². The highest BCUT2D eigenvalue weighted by Crippen LogP contribution is 2.02. The zero-order chi connectivity index (χ0) is 7.23. The zero-order valence-electron chi connectivity index (χ0n) is 6.51. The van der Waals surface area contributed by atoms with Crippen LogP contribution < -0.4 is 5.32 Å². The summed E-state index contributed by atoms with van der Waals surface area (Å²) in [6.45, 7) is 2.79. The van der Waals surface area contributed by atoms with Crippen LogP contribution >= 0.6 is 12.4 Å². The molecule has 1 saturated heterocycles. The third-order valence-electron chi connectivity index (χ3n) is 1.62. The lowest BCUT2D eigenvalue weighted by atomic mass is 10.3. The van der Waals surface area contributed by atoms with Crippen LogP contribution in [-0.2, 0) is 4.74 Å². The molecular formula is C8H14ClNO. The minimum absolute atomic E-state index is 0. The van der Waals surface area contributed by atoms with Gasteiger partial charge in [-0.2, -0.15) is 0 Å². The summed E-state index contributed by atoms with van der Waals surface area (Å²) in [5.41, 5.74) is 0. The van der Waals surface area contributed by atoms with Gasteiger partial charge in [0.1, 0.15) is 0 Å². The molecular weight excluding hydrogens is 162 g/mol.